The van der Waals surface area contributed by atoms with Crippen LogP contribution >= 0.6 is 0 Å². The molecule has 2 aromatic rings. The molecule has 0 aliphatic heterocycles. The molecule has 0 N–H and O–H groups in total. The molecule has 2 rings (SSSR count). The first-order valence-corrected chi connectivity index (χ1v) is 9.02. The molecular weight excluding hydrogens is 346 g/mol. The van der Waals surface area contributed by atoms with Gasteiger partial charge in [-0.1, -0.05) is 30.3 Å². The molecular formula is C22H24F2N2O. The molecule has 0 atom stereocenters. The maximum absolute atomic E-state index is 13.9. The van der Waals surface area contributed by atoms with Crippen molar-refractivity contribution in [2.45, 2.75) is 32.6 Å². The number of aryl methyl sites for hydroxylation is 1. The van der Waals surface area contributed by atoms with Crippen LogP contribution in [0.1, 0.15) is 42.9 Å². The van der Waals surface area contributed by atoms with E-state index in [1.54, 1.807) is 13.1 Å². The summed E-state index contributed by atoms with van der Waals surface area (Å²) in [7, 11) is 0. The van der Waals surface area contributed by atoms with E-state index in [4.69, 9.17) is 4.74 Å². The molecule has 0 saturated carbocycles. The van der Waals surface area contributed by atoms with Gasteiger partial charge in [0, 0.05) is 5.56 Å². The SMILES string of the molecule is C=CCCCCc1ccc(/C=N/N=C\c2ccc(OCC)c(F)c2F)cc1. The summed E-state index contributed by atoms with van der Waals surface area (Å²) >= 11 is 0. The van der Waals surface area contributed by atoms with Gasteiger partial charge in [-0.3, -0.25) is 0 Å². The number of unbranched alkanes of at least 4 members (excludes halogenated alkanes) is 2. The molecule has 0 aromatic heterocycles. The van der Waals surface area contributed by atoms with Gasteiger partial charge < -0.3 is 4.74 Å². The maximum Gasteiger partial charge on any atom is 0.201 e. The molecule has 0 aliphatic rings. The fourth-order valence-corrected chi connectivity index (χ4v) is 2.50. The van der Waals surface area contributed by atoms with Gasteiger partial charge >= 0.3 is 0 Å². The third kappa shape index (κ3) is 6.44. The topological polar surface area (TPSA) is 34.0 Å². The van der Waals surface area contributed by atoms with Crippen LogP contribution < -0.4 is 4.74 Å². The predicted molar refractivity (Wildman–Crippen MR) is 107 cm³/mol. The fourth-order valence-electron chi connectivity index (χ4n) is 2.50. The summed E-state index contributed by atoms with van der Waals surface area (Å²) < 4.78 is 32.7. The molecule has 2 aromatic carbocycles. The number of nitrogens with zero attached hydrogens (tertiary/aromatic N) is 2. The van der Waals surface area contributed by atoms with Crippen LogP contribution in [0.2, 0.25) is 0 Å². The lowest BCUT2D eigenvalue weighted by Gasteiger charge is -2.05. The van der Waals surface area contributed by atoms with Crippen molar-refractivity contribution in [2.24, 2.45) is 10.2 Å². The average molecular weight is 370 g/mol. The average Bonchev–Trinajstić information content (AvgIpc) is 2.69. The van der Waals surface area contributed by atoms with E-state index in [1.807, 2.05) is 18.2 Å². The summed E-state index contributed by atoms with van der Waals surface area (Å²) in [5.74, 6) is -2.13. The Hall–Kier alpha value is -2.82. The number of hydrogen-bond acceptors (Lipinski definition) is 3. The molecule has 27 heavy (non-hydrogen) atoms. The van der Waals surface area contributed by atoms with E-state index in [0.717, 1.165) is 31.2 Å². The summed E-state index contributed by atoms with van der Waals surface area (Å²) in [5, 5.41) is 7.69. The molecule has 0 spiro atoms. The van der Waals surface area contributed by atoms with Crippen LogP contribution in [0.25, 0.3) is 0 Å². The minimum absolute atomic E-state index is 0.0166. The highest BCUT2D eigenvalue weighted by molar-refractivity contribution is 5.83. The number of allylic oxidation sites excluding steroid dienone is 1. The zero-order valence-corrected chi connectivity index (χ0v) is 15.5. The standard InChI is InChI=1S/C22H24F2N2O/c1-3-5-6-7-8-17-9-11-18(12-10-17)15-25-26-16-19-13-14-20(27-4-2)22(24)21(19)23/h3,9-16H,1,4-8H2,2H3/b25-15+,26-16-. The highest BCUT2D eigenvalue weighted by atomic mass is 19.2. The Morgan fingerprint density at radius 2 is 1.70 bits per heavy atom. The van der Waals surface area contributed by atoms with E-state index in [-0.39, 0.29) is 17.9 Å². The highest BCUT2D eigenvalue weighted by Gasteiger charge is 2.12. The highest BCUT2D eigenvalue weighted by Crippen LogP contribution is 2.21. The summed E-state index contributed by atoms with van der Waals surface area (Å²) in [4.78, 5) is 0. The lowest BCUT2D eigenvalue weighted by molar-refractivity contribution is 0.314. The second-order valence-corrected chi connectivity index (χ2v) is 5.98. The van der Waals surface area contributed by atoms with Crippen molar-refractivity contribution < 1.29 is 13.5 Å². The van der Waals surface area contributed by atoms with Crippen LogP contribution in [-0.4, -0.2) is 19.0 Å². The van der Waals surface area contributed by atoms with E-state index in [0.29, 0.717) is 0 Å². The minimum Gasteiger partial charge on any atom is -0.491 e. The summed E-state index contributed by atoms with van der Waals surface area (Å²) in [6.45, 7) is 5.69. The van der Waals surface area contributed by atoms with Crippen LogP contribution in [0.5, 0.6) is 5.75 Å². The Balaban J connectivity index is 1.93. The molecule has 0 fully saturated rings. The Bertz CT molecular complexity index is 799. The summed E-state index contributed by atoms with van der Waals surface area (Å²) in [6.07, 6.45) is 9.04. The van der Waals surface area contributed by atoms with Crippen LogP contribution in [-0.2, 0) is 6.42 Å². The third-order valence-corrected chi connectivity index (χ3v) is 3.95. The summed E-state index contributed by atoms with van der Waals surface area (Å²) in [6, 6.07) is 10.8. The molecule has 0 saturated heterocycles. The smallest absolute Gasteiger partial charge is 0.201 e. The first-order valence-electron chi connectivity index (χ1n) is 9.02. The van der Waals surface area contributed by atoms with Crippen molar-refractivity contribution in [3.8, 4) is 5.75 Å². The molecule has 5 heteroatoms. The Morgan fingerprint density at radius 1 is 0.963 bits per heavy atom. The maximum atomic E-state index is 13.9. The van der Waals surface area contributed by atoms with Gasteiger partial charge in [0.05, 0.1) is 19.0 Å². The van der Waals surface area contributed by atoms with Crippen molar-refractivity contribution in [3.63, 3.8) is 0 Å². The molecule has 142 valence electrons. The van der Waals surface area contributed by atoms with Crippen molar-refractivity contribution >= 4 is 12.4 Å². The van der Waals surface area contributed by atoms with Crippen molar-refractivity contribution in [1.29, 1.82) is 0 Å². The van der Waals surface area contributed by atoms with Crippen LogP contribution in [0.3, 0.4) is 0 Å². The number of hydrogen-bond donors (Lipinski definition) is 0. The van der Waals surface area contributed by atoms with Gasteiger partial charge in [-0.2, -0.15) is 14.6 Å². The van der Waals surface area contributed by atoms with Crippen molar-refractivity contribution in [2.75, 3.05) is 6.61 Å². The molecule has 0 bridgehead atoms. The zero-order chi connectivity index (χ0) is 19.5. The van der Waals surface area contributed by atoms with Gasteiger partial charge in [0.2, 0.25) is 5.82 Å². The normalized spacial score (nSPS) is 11.4. The number of halogens is 2. The third-order valence-electron chi connectivity index (χ3n) is 3.95. The van der Waals surface area contributed by atoms with Gasteiger partial charge in [-0.15, -0.1) is 6.58 Å². The number of rotatable bonds is 10. The predicted octanol–water partition coefficient (Wildman–Crippen LogP) is 5.72. The molecule has 0 amide bonds. The van der Waals surface area contributed by atoms with Gasteiger partial charge in [-0.05, 0) is 55.9 Å². The second-order valence-electron chi connectivity index (χ2n) is 5.98. The van der Waals surface area contributed by atoms with E-state index >= 15 is 0 Å². The molecule has 0 heterocycles. The molecule has 0 unspecified atom stereocenters. The second kappa shape index (κ2) is 11.0. The largest absolute Gasteiger partial charge is 0.491 e. The monoisotopic (exact) mass is 370 g/mol. The van der Waals surface area contributed by atoms with Crippen molar-refractivity contribution in [1.82, 2.24) is 0 Å². The van der Waals surface area contributed by atoms with E-state index in [9.17, 15) is 8.78 Å². The van der Waals surface area contributed by atoms with E-state index < -0.39 is 11.6 Å². The summed E-state index contributed by atoms with van der Waals surface area (Å²) in [5.41, 5.74) is 2.18. The number of benzene rings is 2. The fraction of sp³-hybridized carbons (Fsp3) is 0.273. The van der Waals surface area contributed by atoms with Gasteiger partial charge in [0.25, 0.3) is 0 Å². The first-order chi connectivity index (χ1) is 13.2. The van der Waals surface area contributed by atoms with Crippen LogP contribution in [0.4, 0.5) is 8.78 Å². The van der Waals surface area contributed by atoms with Gasteiger partial charge in [0.15, 0.2) is 11.6 Å². The lowest BCUT2D eigenvalue weighted by atomic mass is 10.1. The Labute approximate surface area is 159 Å². The van der Waals surface area contributed by atoms with Crippen LogP contribution in [0, 0.1) is 11.6 Å². The number of ether oxygens (including phenoxy) is 1. The molecule has 0 radical (unpaired) electrons. The minimum atomic E-state index is -1.02. The zero-order valence-electron chi connectivity index (χ0n) is 15.5. The quantitative estimate of drug-likeness (QED) is 0.228. The van der Waals surface area contributed by atoms with Crippen LogP contribution in [0.15, 0.2) is 59.3 Å². The lowest BCUT2D eigenvalue weighted by Crippen LogP contribution is -2.00. The van der Waals surface area contributed by atoms with Gasteiger partial charge in [-0.25, -0.2) is 4.39 Å². The van der Waals surface area contributed by atoms with Gasteiger partial charge in [0.1, 0.15) is 0 Å². The van der Waals surface area contributed by atoms with Crippen molar-refractivity contribution in [3.05, 3.63) is 77.4 Å². The van der Waals surface area contributed by atoms with E-state index in [2.05, 4.69) is 28.9 Å². The molecule has 0 aliphatic carbocycles. The Kier molecular flexibility index (Phi) is 8.36. The molecule has 3 nitrogen and oxygen atoms in total. The Morgan fingerprint density at radius 3 is 2.41 bits per heavy atom. The first kappa shape index (κ1) is 20.5. The van der Waals surface area contributed by atoms with E-state index in [1.165, 1.54) is 23.9 Å².